The molecule has 0 aliphatic carbocycles. The first-order valence-corrected chi connectivity index (χ1v) is 4.92. The molecule has 17 heavy (non-hydrogen) atoms. The Morgan fingerprint density at radius 3 is 2.29 bits per heavy atom. The molecule has 0 radical (unpaired) electrons. The number of benzene rings is 1. The lowest BCUT2D eigenvalue weighted by Gasteiger charge is -2.06. The third-order valence-corrected chi connectivity index (χ3v) is 2.36. The van der Waals surface area contributed by atoms with Gasteiger partial charge in [-0.15, -0.1) is 0 Å². The predicted octanol–water partition coefficient (Wildman–Crippen LogP) is 2.55. The fraction of sp³-hybridized carbons (Fsp3) is 0.182. The van der Waals surface area contributed by atoms with Crippen LogP contribution in [0, 0.1) is 0 Å². The summed E-state index contributed by atoms with van der Waals surface area (Å²) in [6.45, 7) is 0.313. The van der Waals surface area contributed by atoms with Gasteiger partial charge in [0.05, 0.1) is 11.3 Å². The minimum atomic E-state index is -4.31. The highest BCUT2D eigenvalue weighted by Crippen LogP contribution is 2.30. The van der Waals surface area contributed by atoms with Crippen molar-refractivity contribution in [2.24, 2.45) is 5.73 Å². The molecule has 1 heterocycles. The predicted molar refractivity (Wildman–Crippen MR) is 56.9 cm³/mol. The third-order valence-electron chi connectivity index (χ3n) is 2.36. The van der Waals surface area contributed by atoms with Crippen LogP contribution in [0.3, 0.4) is 0 Å². The Kier molecular flexibility index (Phi) is 2.89. The number of aromatic nitrogens is 2. The monoisotopic (exact) mass is 241 g/mol. The van der Waals surface area contributed by atoms with Crippen LogP contribution >= 0.6 is 0 Å². The van der Waals surface area contributed by atoms with Crippen LogP contribution in [0.1, 0.15) is 11.3 Å². The van der Waals surface area contributed by atoms with Gasteiger partial charge in [0.25, 0.3) is 0 Å². The second-order valence-electron chi connectivity index (χ2n) is 3.56. The minimum absolute atomic E-state index is 0.313. The van der Waals surface area contributed by atoms with Gasteiger partial charge >= 0.3 is 6.18 Å². The Morgan fingerprint density at radius 2 is 1.82 bits per heavy atom. The largest absolute Gasteiger partial charge is 0.416 e. The summed E-state index contributed by atoms with van der Waals surface area (Å²) in [5.41, 5.74) is 6.67. The zero-order chi connectivity index (χ0) is 12.5. The van der Waals surface area contributed by atoms with Crippen molar-refractivity contribution in [3.63, 3.8) is 0 Å². The number of hydrogen-bond donors (Lipinski definition) is 2. The molecule has 1 aromatic carbocycles. The molecule has 0 aliphatic rings. The van der Waals surface area contributed by atoms with Crippen molar-refractivity contribution in [3.05, 3.63) is 41.6 Å². The fourth-order valence-electron chi connectivity index (χ4n) is 1.44. The molecule has 0 bridgehead atoms. The summed E-state index contributed by atoms with van der Waals surface area (Å²) in [6.07, 6.45) is -4.31. The van der Waals surface area contributed by atoms with E-state index in [4.69, 9.17) is 5.73 Å². The molecule has 0 saturated heterocycles. The van der Waals surface area contributed by atoms with E-state index in [-0.39, 0.29) is 0 Å². The fourth-order valence-corrected chi connectivity index (χ4v) is 1.44. The van der Waals surface area contributed by atoms with Crippen molar-refractivity contribution in [2.45, 2.75) is 12.7 Å². The maximum absolute atomic E-state index is 12.3. The second-order valence-corrected chi connectivity index (χ2v) is 3.56. The summed E-state index contributed by atoms with van der Waals surface area (Å²) in [5, 5.41) is 6.66. The van der Waals surface area contributed by atoms with Crippen LogP contribution in [-0.2, 0) is 12.7 Å². The van der Waals surface area contributed by atoms with E-state index in [1.807, 2.05) is 0 Å². The van der Waals surface area contributed by atoms with E-state index in [0.717, 1.165) is 17.8 Å². The highest BCUT2D eigenvalue weighted by atomic mass is 19.4. The van der Waals surface area contributed by atoms with Crippen molar-refractivity contribution in [1.82, 2.24) is 10.2 Å². The first-order chi connectivity index (χ1) is 8.00. The maximum atomic E-state index is 12.3. The molecule has 0 aliphatic heterocycles. The summed E-state index contributed by atoms with van der Waals surface area (Å²) in [4.78, 5) is 0. The molecule has 90 valence electrons. The number of alkyl halides is 3. The van der Waals surface area contributed by atoms with Crippen LogP contribution in [0.25, 0.3) is 11.3 Å². The lowest BCUT2D eigenvalue weighted by molar-refractivity contribution is -0.137. The molecular weight excluding hydrogens is 231 g/mol. The third kappa shape index (κ3) is 2.47. The van der Waals surface area contributed by atoms with Gasteiger partial charge in [-0.1, -0.05) is 12.1 Å². The zero-order valence-electron chi connectivity index (χ0n) is 8.75. The van der Waals surface area contributed by atoms with E-state index in [1.165, 1.54) is 12.1 Å². The second kappa shape index (κ2) is 4.21. The van der Waals surface area contributed by atoms with Crippen LogP contribution in [0.5, 0.6) is 0 Å². The molecule has 0 spiro atoms. The lowest BCUT2D eigenvalue weighted by Crippen LogP contribution is -2.03. The SMILES string of the molecule is NCc1cc(-c2ccc(C(F)(F)F)cc2)n[nH]1. The van der Waals surface area contributed by atoms with Crippen LogP contribution in [0.4, 0.5) is 13.2 Å². The number of rotatable bonds is 2. The number of hydrogen-bond acceptors (Lipinski definition) is 2. The van der Waals surface area contributed by atoms with Gasteiger partial charge in [-0.2, -0.15) is 18.3 Å². The van der Waals surface area contributed by atoms with Gasteiger partial charge in [0.15, 0.2) is 0 Å². The highest BCUT2D eigenvalue weighted by molar-refractivity contribution is 5.59. The average Bonchev–Trinajstić information content (AvgIpc) is 2.76. The Morgan fingerprint density at radius 1 is 1.18 bits per heavy atom. The normalized spacial score (nSPS) is 11.8. The number of nitrogens with zero attached hydrogens (tertiary/aromatic N) is 1. The van der Waals surface area contributed by atoms with E-state index in [9.17, 15) is 13.2 Å². The Hall–Kier alpha value is -1.82. The van der Waals surface area contributed by atoms with Gasteiger partial charge in [0.1, 0.15) is 0 Å². The molecule has 3 nitrogen and oxygen atoms in total. The number of nitrogens with one attached hydrogen (secondary N) is 1. The molecule has 0 amide bonds. The summed E-state index contributed by atoms with van der Waals surface area (Å²) in [6, 6.07) is 6.56. The van der Waals surface area contributed by atoms with Gasteiger partial charge in [-0.3, -0.25) is 5.10 Å². The number of H-pyrrole nitrogens is 1. The Bertz CT molecular complexity index is 499. The van der Waals surface area contributed by atoms with Crippen molar-refractivity contribution < 1.29 is 13.2 Å². The molecule has 1 aromatic heterocycles. The molecule has 2 rings (SSSR count). The standard InChI is InChI=1S/C11H10F3N3/c12-11(13,14)8-3-1-7(2-4-8)10-5-9(6-15)16-17-10/h1-5H,6,15H2,(H,16,17). The molecule has 0 fully saturated rings. The van der Waals surface area contributed by atoms with Gasteiger partial charge in [0, 0.05) is 17.8 Å². The zero-order valence-corrected chi connectivity index (χ0v) is 8.75. The number of halogens is 3. The van der Waals surface area contributed by atoms with Crippen LogP contribution < -0.4 is 5.73 Å². The number of aromatic amines is 1. The minimum Gasteiger partial charge on any atom is -0.325 e. The van der Waals surface area contributed by atoms with Gasteiger partial charge in [0.2, 0.25) is 0 Å². The summed E-state index contributed by atoms with van der Waals surface area (Å²) in [7, 11) is 0. The van der Waals surface area contributed by atoms with Gasteiger partial charge in [-0.25, -0.2) is 0 Å². The van der Waals surface area contributed by atoms with Gasteiger partial charge < -0.3 is 5.73 Å². The maximum Gasteiger partial charge on any atom is 0.416 e. The van der Waals surface area contributed by atoms with Crippen LogP contribution in [0.15, 0.2) is 30.3 Å². The molecular formula is C11H10F3N3. The van der Waals surface area contributed by atoms with Crippen LogP contribution in [-0.4, -0.2) is 10.2 Å². The van der Waals surface area contributed by atoms with E-state index in [2.05, 4.69) is 10.2 Å². The van der Waals surface area contributed by atoms with Crippen molar-refractivity contribution >= 4 is 0 Å². The van der Waals surface area contributed by atoms with E-state index >= 15 is 0 Å². The number of nitrogens with two attached hydrogens (primary N) is 1. The first-order valence-electron chi connectivity index (χ1n) is 4.92. The topological polar surface area (TPSA) is 54.7 Å². The molecule has 0 unspecified atom stereocenters. The smallest absolute Gasteiger partial charge is 0.325 e. The lowest BCUT2D eigenvalue weighted by atomic mass is 10.1. The summed E-state index contributed by atoms with van der Waals surface area (Å²) < 4.78 is 37.0. The van der Waals surface area contributed by atoms with E-state index in [0.29, 0.717) is 17.8 Å². The molecule has 2 aromatic rings. The molecule has 6 heteroatoms. The molecule has 0 saturated carbocycles. The van der Waals surface area contributed by atoms with Crippen molar-refractivity contribution in [1.29, 1.82) is 0 Å². The first kappa shape index (κ1) is 11.7. The quantitative estimate of drug-likeness (QED) is 0.848. The Labute approximate surface area is 95.5 Å². The van der Waals surface area contributed by atoms with Crippen molar-refractivity contribution in [2.75, 3.05) is 0 Å². The average molecular weight is 241 g/mol. The molecule has 0 atom stereocenters. The highest BCUT2D eigenvalue weighted by Gasteiger charge is 2.29. The van der Waals surface area contributed by atoms with Crippen molar-refractivity contribution in [3.8, 4) is 11.3 Å². The van der Waals surface area contributed by atoms with Crippen LogP contribution in [0.2, 0.25) is 0 Å². The molecule has 3 N–H and O–H groups in total. The van der Waals surface area contributed by atoms with E-state index in [1.54, 1.807) is 6.07 Å². The summed E-state index contributed by atoms with van der Waals surface area (Å²) >= 11 is 0. The summed E-state index contributed by atoms with van der Waals surface area (Å²) in [5.74, 6) is 0. The van der Waals surface area contributed by atoms with Gasteiger partial charge in [-0.05, 0) is 18.2 Å². The Balaban J connectivity index is 2.29. The van der Waals surface area contributed by atoms with E-state index < -0.39 is 11.7 Å².